The summed E-state index contributed by atoms with van der Waals surface area (Å²) in [5.74, 6) is 0.554. The maximum absolute atomic E-state index is 10.7. The normalized spacial score (nSPS) is 11.2. The molecule has 6 nitrogen and oxygen atoms in total. The van der Waals surface area contributed by atoms with Crippen molar-refractivity contribution in [2.75, 3.05) is 5.75 Å². The van der Waals surface area contributed by atoms with Crippen LogP contribution in [0.15, 0.2) is 34.2 Å². The zero-order valence-corrected chi connectivity index (χ0v) is 13.8. The Morgan fingerprint density at radius 1 is 1.39 bits per heavy atom. The lowest BCUT2D eigenvalue weighted by Crippen LogP contribution is -2.02. The second kappa shape index (κ2) is 6.45. The second-order valence-corrected chi connectivity index (χ2v) is 6.33. The van der Waals surface area contributed by atoms with Crippen LogP contribution in [0, 0.1) is 13.8 Å². The molecule has 0 saturated carbocycles. The fourth-order valence-electron chi connectivity index (χ4n) is 2.53. The Balaban J connectivity index is 1.99. The molecule has 0 aliphatic rings. The van der Waals surface area contributed by atoms with Gasteiger partial charge in [-0.05, 0) is 31.5 Å². The molecule has 3 heterocycles. The molecule has 0 unspecified atom stereocenters. The Hall–Kier alpha value is -2.28. The Labute approximate surface area is 137 Å². The Morgan fingerprint density at radius 2 is 2.22 bits per heavy atom. The average Bonchev–Trinajstić information content (AvgIpc) is 3.11. The van der Waals surface area contributed by atoms with Crippen LogP contribution in [0.3, 0.4) is 0 Å². The fraction of sp³-hybridized carbons (Fsp3) is 0.312. The first-order chi connectivity index (χ1) is 11.1. The molecule has 0 fully saturated rings. The third kappa shape index (κ3) is 3.10. The van der Waals surface area contributed by atoms with Gasteiger partial charge < -0.3 is 14.1 Å². The molecule has 0 saturated heterocycles. The number of fused-ring (bicyclic) bond motifs is 1. The number of aryl methyl sites for hydroxylation is 1. The summed E-state index contributed by atoms with van der Waals surface area (Å²) in [6.45, 7) is 4.70. The molecule has 0 aromatic carbocycles. The highest BCUT2D eigenvalue weighted by atomic mass is 32.2. The Kier molecular flexibility index (Phi) is 4.38. The summed E-state index contributed by atoms with van der Waals surface area (Å²) in [5, 5.41) is 10.6. The lowest BCUT2D eigenvalue weighted by Gasteiger charge is -2.05. The molecule has 7 heteroatoms. The number of thioether (sulfide) groups is 1. The van der Waals surface area contributed by atoms with Gasteiger partial charge in [0.05, 0.1) is 24.6 Å². The lowest BCUT2D eigenvalue weighted by molar-refractivity contribution is -0.136. The largest absolute Gasteiger partial charge is 0.481 e. The minimum Gasteiger partial charge on any atom is -0.481 e. The predicted molar refractivity (Wildman–Crippen MR) is 87.8 cm³/mol. The van der Waals surface area contributed by atoms with Gasteiger partial charge in [-0.3, -0.25) is 4.79 Å². The predicted octanol–water partition coefficient (Wildman–Crippen LogP) is 3.26. The van der Waals surface area contributed by atoms with Crippen molar-refractivity contribution in [3.63, 3.8) is 0 Å². The SMILES string of the molecule is Cc1c(C)n(Cc2ccco2)c2ncnc(SCCC(=O)O)c12. The lowest BCUT2D eigenvalue weighted by atomic mass is 10.2. The molecule has 0 atom stereocenters. The van der Waals surface area contributed by atoms with Crippen molar-refractivity contribution in [1.29, 1.82) is 0 Å². The van der Waals surface area contributed by atoms with Gasteiger partial charge in [0.1, 0.15) is 22.8 Å². The van der Waals surface area contributed by atoms with Crippen molar-refractivity contribution in [1.82, 2.24) is 14.5 Å². The van der Waals surface area contributed by atoms with Crippen LogP contribution < -0.4 is 0 Å². The van der Waals surface area contributed by atoms with E-state index in [1.807, 2.05) is 26.0 Å². The highest BCUT2D eigenvalue weighted by molar-refractivity contribution is 7.99. The van der Waals surface area contributed by atoms with Crippen LogP contribution in [0.5, 0.6) is 0 Å². The number of furan rings is 1. The van der Waals surface area contributed by atoms with E-state index in [0.717, 1.165) is 33.1 Å². The molecular formula is C16H17N3O3S. The third-order valence-corrected chi connectivity index (χ3v) is 4.81. The highest BCUT2D eigenvalue weighted by Gasteiger charge is 2.17. The quantitative estimate of drug-likeness (QED) is 0.551. The van der Waals surface area contributed by atoms with E-state index >= 15 is 0 Å². The van der Waals surface area contributed by atoms with Crippen molar-refractivity contribution >= 4 is 28.8 Å². The van der Waals surface area contributed by atoms with Gasteiger partial charge in [0.2, 0.25) is 0 Å². The van der Waals surface area contributed by atoms with Crippen molar-refractivity contribution in [2.24, 2.45) is 0 Å². The smallest absolute Gasteiger partial charge is 0.304 e. The third-order valence-electron chi connectivity index (χ3n) is 3.82. The summed E-state index contributed by atoms with van der Waals surface area (Å²) in [4.78, 5) is 19.5. The van der Waals surface area contributed by atoms with E-state index in [4.69, 9.17) is 9.52 Å². The molecule has 0 radical (unpaired) electrons. The van der Waals surface area contributed by atoms with Gasteiger partial charge in [-0.25, -0.2) is 9.97 Å². The van der Waals surface area contributed by atoms with E-state index in [-0.39, 0.29) is 6.42 Å². The van der Waals surface area contributed by atoms with Crippen LogP contribution in [-0.4, -0.2) is 31.4 Å². The number of carboxylic acids is 1. The maximum atomic E-state index is 10.7. The number of hydrogen-bond acceptors (Lipinski definition) is 5. The van der Waals surface area contributed by atoms with Crippen molar-refractivity contribution in [3.05, 3.63) is 41.7 Å². The molecule has 0 amide bonds. The molecule has 120 valence electrons. The first-order valence-electron chi connectivity index (χ1n) is 7.25. The van der Waals surface area contributed by atoms with Gasteiger partial charge in [0.15, 0.2) is 0 Å². The topological polar surface area (TPSA) is 81.2 Å². The van der Waals surface area contributed by atoms with Crippen molar-refractivity contribution in [3.8, 4) is 0 Å². The Bertz CT molecular complexity index is 840. The summed E-state index contributed by atoms with van der Waals surface area (Å²) in [5.41, 5.74) is 3.08. The van der Waals surface area contributed by atoms with E-state index in [1.54, 1.807) is 6.26 Å². The summed E-state index contributed by atoms with van der Waals surface area (Å²) in [6, 6.07) is 3.80. The van der Waals surface area contributed by atoms with Crippen molar-refractivity contribution < 1.29 is 14.3 Å². The number of aromatic nitrogens is 3. The molecule has 0 bridgehead atoms. The molecule has 23 heavy (non-hydrogen) atoms. The van der Waals surface area contributed by atoms with Gasteiger partial charge in [-0.1, -0.05) is 0 Å². The van der Waals surface area contributed by atoms with Crippen LogP contribution in [-0.2, 0) is 11.3 Å². The number of hydrogen-bond donors (Lipinski definition) is 1. The first-order valence-corrected chi connectivity index (χ1v) is 8.24. The monoisotopic (exact) mass is 331 g/mol. The fourth-order valence-corrected chi connectivity index (χ4v) is 3.51. The molecule has 3 aromatic heterocycles. The summed E-state index contributed by atoms with van der Waals surface area (Å²) in [6.07, 6.45) is 3.30. The molecule has 0 aliphatic heterocycles. The van der Waals surface area contributed by atoms with Crippen LogP contribution in [0.1, 0.15) is 23.4 Å². The standard InChI is InChI=1S/C16H17N3O3S/c1-10-11(2)19(8-12-4-3-6-22-12)15-14(10)16(18-9-17-15)23-7-5-13(20)21/h3-4,6,9H,5,7-8H2,1-2H3,(H,20,21). The molecule has 1 N–H and O–H groups in total. The van der Waals surface area contributed by atoms with E-state index in [9.17, 15) is 4.79 Å². The van der Waals surface area contributed by atoms with Gasteiger partial charge in [-0.15, -0.1) is 11.8 Å². The number of nitrogens with zero attached hydrogens (tertiary/aromatic N) is 3. The number of rotatable bonds is 6. The Morgan fingerprint density at radius 3 is 2.91 bits per heavy atom. The summed E-state index contributed by atoms with van der Waals surface area (Å²) in [7, 11) is 0. The number of aliphatic carboxylic acids is 1. The summed E-state index contributed by atoms with van der Waals surface area (Å²) < 4.78 is 7.54. The molecular weight excluding hydrogens is 314 g/mol. The molecule has 3 aromatic rings. The number of carboxylic acid groups (broad SMARTS) is 1. The minimum absolute atomic E-state index is 0.112. The average molecular weight is 331 g/mol. The van der Waals surface area contributed by atoms with E-state index in [0.29, 0.717) is 12.3 Å². The van der Waals surface area contributed by atoms with Gasteiger partial charge >= 0.3 is 5.97 Å². The highest BCUT2D eigenvalue weighted by Crippen LogP contribution is 2.32. The van der Waals surface area contributed by atoms with E-state index in [2.05, 4.69) is 14.5 Å². The van der Waals surface area contributed by atoms with Crippen LogP contribution in [0.2, 0.25) is 0 Å². The van der Waals surface area contributed by atoms with Gasteiger partial charge in [0, 0.05) is 11.4 Å². The molecule has 0 spiro atoms. The minimum atomic E-state index is -0.800. The number of carbonyl (C=O) groups is 1. The molecule has 0 aliphatic carbocycles. The van der Waals surface area contributed by atoms with Crippen LogP contribution in [0.4, 0.5) is 0 Å². The van der Waals surface area contributed by atoms with Crippen LogP contribution >= 0.6 is 11.8 Å². The van der Waals surface area contributed by atoms with Gasteiger partial charge in [-0.2, -0.15) is 0 Å². The van der Waals surface area contributed by atoms with Crippen LogP contribution in [0.25, 0.3) is 11.0 Å². The summed E-state index contributed by atoms with van der Waals surface area (Å²) >= 11 is 1.45. The first kappa shape index (κ1) is 15.6. The van der Waals surface area contributed by atoms with Gasteiger partial charge in [0.25, 0.3) is 0 Å². The zero-order chi connectivity index (χ0) is 16.4. The maximum Gasteiger partial charge on any atom is 0.304 e. The zero-order valence-electron chi connectivity index (χ0n) is 12.9. The van der Waals surface area contributed by atoms with E-state index in [1.165, 1.54) is 18.1 Å². The molecule has 3 rings (SSSR count). The second-order valence-electron chi connectivity index (χ2n) is 5.25. The van der Waals surface area contributed by atoms with Crippen molar-refractivity contribution in [2.45, 2.75) is 31.8 Å². The van der Waals surface area contributed by atoms with E-state index < -0.39 is 5.97 Å².